The lowest BCUT2D eigenvalue weighted by molar-refractivity contribution is -0.114. The SMILES string of the molecule is NCC(=O)Nc1ccccc1C(=O)c1ccccc1F. The number of hydrogen-bond acceptors (Lipinski definition) is 3. The molecule has 20 heavy (non-hydrogen) atoms. The number of carbonyl (C=O) groups is 2. The second-order valence-corrected chi connectivity index (χ2v) is 4.11. The largest absolute Gasteiger partial charge is 0.324 e. The van der Waals surface area contributed by atoms with Gasteiger partial charge in [-0.25, -0.2) is 4.39 Å². The van der Waals surface area contributed by atoms with Crippen LogP contribution in [0.4, 0.5) is 10.1 Å². The molecule has 2 aromatic carbocycles. The Balaban J connectivity index is 2.40. The molecule has 0 aromatic heterocycles. The standard InChI is InChI=1S/C15H13FN2O2/c16-12-7-3-1-5-10(12)15(20)11-6-2-4-8-13(11)18-14(19)9-17/h1-8H,9,17H2,(H,18,19). The Labute approximate surface area is 115 Å². The van der Waals surface area contributed by atoms with Crippen molar-refractivity contribution in [3.63, 3.8) is 0 Å². The van der Waals surface area contributed by atoms with Gasteiger partial charge in [-0.3, -0.25) is 9.59 Å². The quantitative estimate of drug-likeness (QED) is 0.836. The zero-order valence-corrected chi connectivity index (χ0v) is 10.6. The first-order valence-corrected chi connectivity index (χ1v) is 6.01. The fourth-order valence-electron chi connectivity index (χ4n) is 1.78. The van der Waals surface area contributed by atoms with Crippen molar-refractivity contribution >= 4 is 17.4 Å². The maximum atomic E-state index is 13.7. The third-order valence-electron chi connectivity index (χ3n) is 2.75. The fraction of sp³-hybridized carbons (Fsp3) is 0.0667. The lowest BCUT2D eigenvalue weighted by Crippen LogP contribution is -2.23. The fourth-order valence-corrected chi connectivity index (χ4v) is 1.78. The van der Waals surface area contributed by atoms with Crippen LogP contribution in [-0.2, 0) is 4.79 Å². The van der Waals surface area contributed by atoms with E-state index in [1.807, 2.05) is 0 Å². The van der Waals surface area contributed by atoms with Crippen molar-refractivity contribution in [2.75, 3.05) is 11.9 Å². The molecular weight excluding hydrogens is 259 g/mol. The highest BCUT2D eigenvalue weighted by atomic mass is 19.1. The van der Waals surface area contributed by atoms with E-state index in [0.29, 0.717) is 5.69 Å². The number of ketones is 1. The first-order chi connectivity index (χ1) is 9.63. The van der Waals surface area contributed by atoms with Crippen LogP contribution in [0.1, 0.15) is 15.9 Å². The molecule has 3 N–H and O–H groups in total. The Morgan fingerprint density at radius 1 is 1.00 bits per heavy atom. The molecule has 5 heteroatoms. The minimum atomic E-state index is -0.600. The van der Waals surface area contributed by atoms with E-state index in [1.54, 1.807) is 24.3 Å². The van der Waals surface area contributed by atoms with E-state index in [0.717, 1.165) is 0 Å². The summed E-state index contributed by atoms with van der Waals surface area (Å²) in [5.74, 6) is -1.51. The molecule has 0 saturated heterocycles. The summed E-state index contributed by atoms with van der Waals surface area (Å²) in [5.41, 5.74) is 5.72. The Hall–Kier alpha value is -2.53. The molecule has 0 aliphatic rings. The molecule has 0 atom stereocenters. The zero-order chi connectivity index (χ0) is 14.5. The lowest BCUT2D eigenvalue weighted by Gasteiger charge is -2.10. The second-order valence-electron chi connectivity index (χ2n) is 4.11. The molecule has 0 fully saturated rings. The number of hydrogen-bond donors (Lipinski definition) is 2. The summed E-state index contributed by atoms with van der Waals surface area (Å²) in [6, 6.07) is 12.1. The molecule has 0 aliphatic heterocycles. The predicted octanol–water partition coefficient (Wildman–Crippen LogP) is 1.95. The normalized spacial score (nSPS) is 10.1. The predicted molar refractivity (Wildman–Crippen MR) is 74.0 cm³/mol. The summed E-state index contributed by atoms with van der Waals surface area (Å²) >= 11 is 0. The minimum Gasteiger partial charge on any atom is -0.324 e. The van der Waals surface area contributed by atoms with Crippen LogP contribution in [0.5, 0.6) is 0 Å². The highest BCUT2D eigenvalue weighted by Gasteiger charge is 2.17. The van der Waals surface area contributed by atoms with Crippen LogP contribution >= 0.6 is 0 Å². The van der Waals surface area contributed by atoms with E-state index in [-0.39, 0.29) is 17.7 Å². The van der Waals surface area contributed by atoms with Crippen LogP contribution in [0.3, 0.4) is 0 Å². The molecule has 1 amide bonds. The van der Waals surface area contributed by atoms with Gasteiger partial charge in [0.15, 0.2) is 5.78 Å². The number of amides is 1. The summed E-state index contributed by atoms with van der Waals surface area (Å²) in [6.45, 7) is -0.192. The van der Waals surface area contributed by atoms with Crippen LogP contribution in [0.25, 0.3) is 0 Å². The van der Waals surface area contributed by atoms with Gasteiger partial charge in [0.25, 0.3) is 0 Å². The molecule has 4 nitrogen and oxygen atoms in total. The maximum Gasteiger partial charge on any atom is 0.238 e. The van der Waals surface area contributed by atoms with Crippen LogP contribution in [0.15, 0.2) is 48.5 Å². The molecule has 2 aromatic rings. The van der Waals surface area contributed by atoms with E-state index in [4.69, 9.17) is 5.73 Å². The Morgan fingerprint density at radius 2 is 1.60 bits per heavy atom. The summed E-state index contributed by atoms with van der Waals surface area (Å²) in [7, 11) is 0. The van der Waals surface area contributed by atoms with Crippen molar-refractivity contribution in [2.24, 2.45) is 5.73 Å². The number of nitrogens with two attached hydrogens (primary N) is 1. The second kappa shape index (κ2) is 6.08. The molecule has 2 rings (SSSR count). The van der Waals surface area contributed by atoms with Gasteiger partial charge in [0, 0.05) is 5.56 Å². The minimum absolute atomic E-state index is 0.0399. The van der Waals surface area contributed by atoms with E-state index < -0.39 is 17.5 Å². The molecular formula is C15H13FN2O2. The van der Waals surface area contributed by atoms with Gasteiger partial charge in [0.05, 0.1) is 17.8 Å². The van der Waals surface area contributed by atoms with Gasteiger partial charge in [-0.1, -0.05) is 24.3 Å². The van der Waals surface area contributed by atoms with E-state index >= 15 is 0 Å². The monoisotopic (exact) mass is 272 g/mol. The molecule has 0 spiro atoms. The van der Waals surface area contributed by atoms with Crippen molar-refractivity contribution in [3.05, 3.63) is 65.5 Å². The van der Waals surface area contributed by atoms with Gasteiger partial charge in [0.2, 0.25) is 5.91 Å². The third kappa shape index (κ3) is 2.89. The zero-order valence-electron chi connectivity index (χ0n) is 10.6. The number of nitrogens with one attached hydrogen (secondary N) is 1. The summed E-state index contributed by atoms with van der Waals surface area (Å²) in [6.07, 6.45) is 0. The molecule has 0 radical (unpaired) electrons. The van der Waals surface area contributed by atoms with Gasteiger partial charge in [-0.05, 0) is 24.3 Å². The number of carbonyl (C=O) groups excluding carboxylic acids is 2. The van der Waals surface area contributed by atoms with Gasteiger partial charge >= 0.3 is 0 Å². The van der Waals surface area contributed by atoms with Crippen LogP contribution in [-0.4, -0.2) is 18.2 Å². The van der Waals surface area contributed by atoms with Crippen molar-refractivity contribution < 1.29 is 14.0 Å². The van der Waals surface area contributed by atoms with E-state index in [1.165, 1.54) is 24.3 Å². The molecule has 0 unspecified atom stereocenters. The first kappa shape index (κ1) is 13.9. The third-order valence-corrected chi connectivity index (χ3v) is 2.75. The smallest absolute Gasteiger partial charge is 0.238 e. The van der Waals surface area contributed by atoms with Crippen LogP contribution in [0.2, 0.25) is 0 Å². The van der Waals surface area contributed by atoms with Crippen molar-refractivity contribution in [1.82, 2.24) is 0 Å². The van der Waals surface area contributed by atoms with Crippen molar-refractivity contribution in [3.8, 4) is 0 Å². The van der Waals surface area contributed by atoms with Gasteiger partial charge in [0.1, 0.15) is 5.82 Å². The average Bonchev–Trinajstić information content (AvgIpc) is 2.47. The van der Waals surface area contributed by atoms with Crippen molar-refractivity contribution in [2.45, 2.75) is 0 Å². The number of anilines is 1. The van der Waals surface area contributed by atoms with Crippen LogP contribution in [0, 0.1) is 5.82 Å². The van der Waals surface area contributed by atoms with Gasteiger partial charge in [-0.2, -0.15) is 0 Å². The topological polar surface area (TPSA) is 72.2 Å². The Bertz CT molecular complexity index is 656. The Kier molecular flexibility index (Phi) is 4.22. The molecule has 0 bridgehead atoms. The average molecular weight is 272 g/mol. The number of rotatable bonds is 4. The first-order valence-electron chi connectivity index (χ1n) is 6.01. The summed E-state index contributed by atoms with van der Waals surface area (Å²) < 4.78 is 13.7. The van der Waals surface area contributed by atoms with Gasteiger partial charge in [-0.15, -0.1) is 0 Å². The molecule has 0 heterocycles. The van der Waals surface area contributed by atoms with E-state index in [9.17, 15) is 14.0 Å². The van der Waals surface area contributed by atoms with Crippen molar-refractivity contribution in [1.29, 1.82) is 0 Å². The highest BCUT2D eigenvalue weighted by molar-refractivity contribution is 6.14. The maximum absolute atomic E-state index is 13.7. The molecule has 0 saturated carbocycles. The van der Waals surface area contributed by atoms with Gasteiger partial charge < -0.3 is 11.1 Å². The Morgan fingerprint density at radius 3 is 2.25 bits per heavy atom. The van der Waals surface area contributed by atoms with E-state index in [2.05, 4.69) is 5.32 Å². The lowest BCUT2D eigenvalue weighted by atomic mass is 10.0. The number of halogens is 1. The summed E-state index contributed by atoms with van der Waals surface area (Å²) in [5, 5.41) is 2.52. The van der Waals surface area contributed by atoms with Crippen LogP contribution < -0.4 is 11.1 Å². The number of para-hydroxylation sites is 1. The highest BCUT2D eigenvalue weighted by Crippen LogP contribution is 2.20. The number of benzene rings is 2. The molecule has 102 valence electrons. The molecule has 0 aliphatic carbocycles. The summed E-state index contributed by atoms with van der Waals surface area (Å²) in [4.78, 5) is 23.7.